The second-order valence-electron chi connectivity index (χ2n) is 8.03. The number of hydrogen-bond donors (Lipinski definition) is 0. The van der Waals surface area contributed by atoms with E-state index in [1.165, 1.54) is 4.31 Å². The third-order valence-electron chi connectivity index (χ3n) is 5.78. The minimum absolute atomic E-state index is 0.0327. The van der Waals surface area contributed by atoms with Gasteiger partial charge in [0.05, 0.1) is 11.4 Å². The summed E-state index contributed by atoms with van der Waals surface area (Å²) in [6.07, 6.45) is 3.68. The number of sulfonamides is 1. The van der Waals surface area contributed by atoms with Crippen LogP contribution in [0.2, 0.25) is 5.02 Å². The van der Waals surface area contributed by atoms with Crippen molar-refractivity contribution in [2.45, 2.75) is 38.6 Å². The van der Waals surface area contributed by atoms with Crippen LogP contribution in [-0.4, -0.2) is 44.7 Å². The van der Waals surface area contributed by atoms with Gasteiger partial charge < -0.3 is 9.64 Å². The molecular formula is C23H27ClN2O4S. The van der Waals surface area contributed by atoms with Gasteiger partial charge in [0.1, 0.15) is 18.4 Å². The summed E-state index contributed by atoms with van der Waals surface area (Å²) < 4.78 is 33.9. The van der Waals surface area contributed by atoms with Crippen molar-refractivity contribution in [2.24, 2.45) is 0 Å². The molecule has 2 heterocycles. The second kappa shape index (κ2) is 9.09. The molecule has 166 valence electrons. The first-order valence-corrected chi connectivity index (χ1v) is 12.7. The first-order valence-electron chi connectivity index (χ1n) is 10.7. The molecule has 0 spiro atoms. The fourth-order valence-electron chi connectivity index (χ4n) is 4.25. The molecule has 31 heavy (non-hydrogen) atoms. The standard InChI is InChI=1S/C23H27ClN2O4S/c1-2-14-31(28,29)26-20-11-8-18(23(27)25-12-4-3-5-13-25)15-22(20)30-16-21(26)17-6-9-19(24)10-7-17/h6-11,15,21H,2-5,12-14,16H2,1H3. The smallest absolute Gasteiger partial charge is 0.253 e. The van der Waals surface area contributed by atoms with Gasteiger partial charge in [0.15, 0.2) is 0 Å². The van der Waals surface area contributed by atoms with Crippen molar-refractivity contribution >= 4 is 33.2 Å². The maximum absolute atomic E-state index is 13.2. The molecule has 1 fully saturated rings. The van der Waals surface area contributed by atoms with Crippen LogP contribution >= 0.6 is 11.6 Å². The van der Waals surface area contributed by atoms with E-state index in [2.05, 4.69) is 0 Å². The van der Waals surface area contributed by atoms with E-state index in [1.807, 2.05) is 24.0 Å². The molecule has 1 saturated heterocycles. The van der Waals surface area contributed by atoms with Crippen molar-refractivity contribution in [1.29, 1.82) is 0 Å². The minimum atomic E-state index is -3.58. The number of rotatable bonds is 5. The molecule has 0 aromatic heterocycles. The Morgan fingerprint density at radius 3 is 2.48 bits per heavy atom. The van der Waals surface area contributed by atoms with Gasteiger partial charge in [0.2, 0.25) is 10.0 Å². The van der Waals surface area contributed by atoms with Gasteiger partial charge in [0, 0.05) is 23.7 Å². The number of likely N-dealkylation sites (tertiary alicyclic amines) is 1. The Labute approximate surface area is 188 Å². The Morgan fingerprint density at radius 1 is 1.10 bits per heavy atom. The van der Waals surface area contributed by atoms with Crippen LogP contribution in [0.4, 0.5) is 5.69 Å². The number of benzene rings is 2. The number of ether oxygens (including phenoxy) is 1. The molecule has 2 aliphatic rings. The molecule has 1 unspecified atom stereocenters. The number of amides is 1. The van der Waals surface area contributed by atoms with E-state index in [0.29, 0.717) is 28.4 Å². The largest absolute Gasteiger partial charge is 0.489 e. The summed E-state index contributed by atoms with van der Waals surface area (Å²) >= 11 is 6.02. The summed E-state index contributed by atoms with van der Waals surface area (Å²) in [5, 5.41) is 0.588. The average Bonchev–Trinajstić information content (AvgIpc) is 2.78. The highest BCUT2D eigenvalue weighted by atomic mass is 35.5. The van der Waals surface area contributed by atoms with E-state index in [4.69, 9.17) is 16.3 Å². The van der Waals surface area contributed by atoms with Gasteiger partial charge in [-0.2, -0.15) is 0 Å². The molecule has 8 heteroatoms. The van der Waals surface area contributed by atoms with Crippen molar-refractivity contribution in [2.75, 3.05) is 29.8 Å². The third-order valence-corrected chi connectivity index (χ3v) is 8.01. The van der Waals surface area contributed by atoms with Crippen LogP contribution in [0.5, 0.6) is 5.75 Å². The third kappa shape index (κ3) is 4.53. The van der Waals surface area contributed by atoms with Crippen LogP contribution in [0.25, 0.3) is 0 Å². The van der Waals surface area contributed by atoms with Crippen LogP contribution in [0.1, 0.15) is 54.6 Å². The van der Waals surface area contributed by atoms with Gasteiger partial charge in [-0.05, 0) is 61.6 Å². The Hall–Kier alpha value is -2.25. The minimum Gasteiger partial charge on any atom is -0.489 e. The Balaban J connectivity index is 1.71. The lowest BCUT2D eigenvalue weighted by Gasteiger charge is -2.38. The maximum atomic E-state index is 13.2. The number of carbonyl (C=O) groups excluding carboxylic acids is 1. The number of hydrogen-bond acceptors (Lipinski definition) is 4. The fourth-order valence-corrected chi connectivity index (χ4v) is 6.10. The fraction of sp³-hybridized carbons (Fsp3) is 0.435. The lowest BCUT2D eigenvalue weighted by Crippen LogP contribution is -2.42. The Kier molecular flexibility index (Phi) is 6.44. The van der Waals surface area contributed by atoms with E-state index >= 15 is 0 Å². The molecule has 0 bridgehead atoms. The summed E-state index contributed by atoms with van der Waals surface area (Å²) in [4.78, 5) is 14.8. The number of fused-ring (bicyclic) bond motifs is 1. The zero-order chi connectivity index (χ0) is 22.0. The summed E-state index contributed by atoms with van der Waals surface area (Å²) in [6.45, 7) is 3.52. The SMILES string of the molecule is CCCS(=O)(=O)N1c2ccc(C(=O)N3CCCCC3)cc2OCC1c1ccc(Cl)cc1. The van der Waals surface area contributed by atoms with Gasteiger partial charge in [0.25, 0.3) is 5.91 Å². The van der Waals surface area contributed by atoms with E-state index < -0.39 is 16.1 Å². The van der Waals surface area contributed by atoms with Crippen molar-refractivity contribution in [3.8, 4) is 5.75 Å². The average molecular weight is 463 g/mol. The molecule has 2 aliphatic heterocycles. The van der Waals surface area contributed by atoms with Gasteiger partial charge >= 0.3 is 0 Å². The van der Waals surface area contributed by atoms with E-state index in [9.17, 15) is 13.2 Å². The monoisotopic (exact) mass is 462 g/mol. The highest BCUT2D eigenvalue weighted by molar-refractivity contribution is 7.92. The summed E-state index contributed by atoms with van der Waals surface area (Å²) in [5.74, 6) is 0.423. The molecule has 0 saturated carbocycles. The first kappa shape index (κ1) is 22.0. The molecule has 2 aromatic carbocycles. The molecule has 1 atom stereocenters. The zero-order valence-corrected chi connectivity index (χ0v) is 19.2. The van der Waals surface area contributed by atoms with Crippen LogP contribution in [0.15, 0.2) is 42.5 Å². The molecule has 4 rings (SSSR count). The molecule has 0 N–H and O–H groups in total. The van der Waals surface area contributed by atoms with Crippen molar-refractivity contribution in [1.82, 2.24) is 4.90 Å². The van der Waals surface area contributed by atoms with E-state index in [0.717, 1.165) is 37.9 Å². The van der Waals surface area contributed by atoms with E-state index in [-0.39, 0.29) is 18.3 Å². The number of carbonyl (C=O) groups is 1. The summed E-state index contributed by atoms with van der Waals surface area (Å²) in [6, 6.07) is 11.7. The topological polar surface area (TPSA) is 66.9 Å². The number of piperidine rings is 1. The van der Waals surface area contributed by atoms with Crippen LogP contribution in [0.3, 0.4) is 0 Å². The molecular weight excluding hydrogens is 436 g/mol. The van der Waals surface area contributed by atoms with Crippen LogP contribution in [0, 0.1) is 0 Å². The highest BCUT2D eigenvalue weighted by Crippen LogP contribution is 2.42. The number of halogens is 1. The van der Waals surface area contributed by atoms with Gasteiger partial charge in [-0.3, -0.25) is 9.10 Å². The number of nitrogens with zero attached hydrogens (tertiary/aromatic N) is 2. The molecule has 2 aromatic rings. The predicted molar refractivity (Wildman–Crippen MR) is 122 cm³/mol. The van der Waals surface area contributed by atoms with Gasteiger partial charge in [-0.25, -0.2) is 8.42 Å². The highest BCUT2D eigenvalue weighted by Gasteiger charge is 2.37. The van der Waals surface area contributed by atoms with Crippen LogP contribution < -0.4 is 9.04 Å². The lowest BCUT2D eigenvalue weighted by atomic mass is 10.0. The van der Waals surface area contributed by atoms with Gasteiger partial charge in [-0.15, -0.1) is 0 Å². The maximum Gasteiger partial charge on any atom is 0.253 e. The van der Waals surface area contributed by atoms with E-state index in [1.54, 1.807) is 30.3 Å². The van der Waals surface area contributed by atoms with Crippen molar-refractivity contribution in [3.05, 3.63) is 58.6 Å². The van der Waals surface area contributed by atoms with Crippen LogP contribution in [-0.2, 0) is 10.0 Å². The zero-order valence-electron chi connectivity index (χ0n) is 17.6. The van der Waals surface area contributed by atoms with Gasteiger partial charge in [-0.1, -0.05) is 30.7 Å². The lowest BCUT2D eigenvalue weighted by molar-refractivity contribution is 0.0724. The Morgan fingerprint density at radius 2 is 1.81 bits per heavy atom. The summed E-state index contributed by atoms with van der Waals surface area (Å²) in [7, 11) is -3.58. The Bertz CT molecular complexity index is 1050. The van der Waals surface area contributed by atoms with Crippen molar-refractivity contribution in [3.63, 3.8) is 0 Å². The first-order chi connectivity index (χ1) is 14.9. The molecule has 6 nitrogen and oxygen atoms in total. The molecule has 0 aliphatic carbocycles. The predicted octanol–water partition coefficient (Wildman–Crippen LogP) is 4.65. The molecule has 0 radical (unpaired) electrons. The summed E-state index contributed by atoms with van der Waals surface area (Å²) in [5.41, 5.74) is 1.80. The second-order valence-corrected chi connectivity index (χ2v) is 10.4. The van der Waals surface area contributed by atoms with Crippen molar-refractivity contribution < 1.29 is 17.9 Å². The normalized spacial score (nSPS) is 19.0. The quantitative estimate of drug-likeness (QED) is 0.648. The molecule has 1 amide bonds. The number of anilines is 1.